The van der Waals surface area contributed by atoms with Crippen molar-refractivity contribution in [2.45, 2.75) is 20.3 Å². The Kier molecular flexibility index (Phi) is 5.30. The lowest BCUT2D eigenvalue weighted by Gasteiger charge is -2.10. The summed E-state index contributed by atoms with van der Waals surface area (Å²) in [7, 11) is -1.83. The Hall–Kier alpha value is -0.920. The van der Waals surface area contributed by atoms with Crippen LogP contribution in [0.3, 0.4) is 0 Å². The molecule has 0 saturated heterocycles. The first kappa shape index (κ1) is 15.1. The molecule has 0 radical (unpaired) electrons. The van der Waals surface area contributed by atoms with E-state index >= 15 is 0 Å². The minimum atomic E-state index is -3.22. The van der Waals surface area contributed by atoms with Crippen molar-refractivity contribution in [2.75, 3.05) is 24.7 Å². The quantitative estimate of drug-likeness (QED) is 0.763. The van der Waals surface area contributed by atoms with Crippen molar-refractivity contribution in [3.63, 3.8) is 0 Å². The first-order valence-electron chi connectivity index (χ1n) is 5.57. The normalized spacial score (nSPS) is 11.6. The highest BCUT2D eigenvalue weighted by Crippen LogP contribution is 2.19. The van der Waals surface area contributed by atoms with Gasteiger partial charge >= 0.3 is 0 Å². The van der Waals surface area contributed by atoms with Crippen molar-refractivity contribution in [2.24, 2.45) is 0 Å². The summed E-state index contributed by atoms with van der Waals surface area (Å²) < 4.78 is 24.8. The number of aromatic nitrogens is 2. The maximum absolute atomic E-state index is 11.3. The summed E-state index contributed by atoms with van der Waals surface area (Å²) in [6.07, 6.45) is 0.670. The van der Waals surface area contributed by atoms with E-state index in [0.29, 0.717) is 23.2 Å². The van der Waals surface area contributed by atoms with Gasteiger partial charge in [-0.05, 0) is 14.0 Å². The monoisotopic (exact) mass is 292 g/mol. The van der Waals surface area contributed by atoms with Crippen molar-refractivity contribution in [3.05, 3.63) is 16.5 Å². The first-order chi connectivity index (χ1) is 8.39. The molecule has 0 spiro atoms. The number of nitrogens with one attached hydrogen (secondary N) is 2. The Labute approximate surface area is 112 Å². The van der Waals surface area contributed by atoms with Gasteiger partial charge < -0.3 is 5.32 Å². The SMILES string of the molecule is CCc1nc(Cl)c(C)c(NCCS(=O)(=O)NC)n1. The highest BCUT2D eigenvalue weighted by Gasteiger charge is 2.10. The van der Waals surface area contributed by atoms with Crippen LogP contribution in [0.4, 0.5) is 5.82 Å². The van der Waals surface area contributed by atoms with Crippen LogP contribution in [0.25, 0.3) is 0 Å². The predicted octanol–water partition coefficient (Wildman–Crippen LogP) is 0.962. The largest absolute Gasteiger partial charge is 0.369 e. The summed E-state index contributed by atoms with van der Waals surface area (Å²) in [6, 6.07) is 0. The van der Waals surface area contributed by atoms with E-state index in [1.807, 2.05) is 6.92 Å². The standard InChI is InChI=1S/C10H17ClN4O2S/c1-4-8-14-9(11)7(2)10(15-8)13-5-6-18(16,17)12-3/h12H,4-6H2,1-3H3,(H,13,14,15). The third-order valence-corrected chi connectivity index (χ3v) is 4.15. The third-order valence-electron chi connectivity index (χ3n) is 2.42. The Morgan fingerprint density at radius 3 is 2.56 bits per heavy atom. The second-order valence-corrected chi connectivity index (χ2v) is 6.11. The van der Waals surface area contributed by atoms with Crippen LogP contribution in [0.1, 0.15) is 18.3 Å². The number of aryl methyl sites for hydroxylation is 1. The van der Waals surface area contributed by atoms with Gasteiger partial charge in [-0.25, -0.2) is 23.1 Å². The zero-order valence-electron chi connectivity index (χ0n) is 10.6. The lowest BCUT2D eigenvalue weighted by atomic mass is 10.3. The molecule has 0 aromatic carbocycles. The summed E-state index contributed by atoms with van der Waals surface area (Å²) in [4.78, 5) is 8.38. The van der Waals surface area contributed by atoms with Crippen LogP contribution in [-0.2, 0) is 16.4 Å². The van der Waals surface area contributed by atoms with Gasteiger partial charge in [0.25, 0.3) is 0 Å². The van der Waals surface area contributed by atoms with Gasteiger partial charge in [0.05, 0.1) is 5.75 Å². The zero-order valence-corrected chi connectivity index (χ0v) is 12.2. The molecule has 0 aliphatic rings. The lowest BCUT2D eigenvalue weighted by molar-refractivity contribution is 0.588. The second kappa shape index (κ2) is 6.31. The van der Waals surface area contributed by atoms with E-state index in [4.69, 9.17) is 11.6 Å². The number of anilines is 1. The summed E-state index contributed by atoms with van der Waals surface area (Å²) in [6.45, 7) is 3.98. The van der Waals surface area contributed by atoms with Crippen LogP contribution in [-0.4, -0.2) is 37.7 Å². The van der Waals surface area contributed by atoms with Gasteiger partial charge in [-0.3, -0.25) is 0 Å². The fraction of sp³-hybridized carbons (Fsp3) is 0.600. The molecule has 0 fully saturated rings. The van der Waals surface area contributed by atoms with E-state index in [1.54, 1.807) is 6.92 Å². The Morgan fingerprint density at radius 2 is 2.00 bits per heavy atom. The lowest BCUT2D eigenvalue weighted by Crippen LogP contribution is -2.26. The van der Waals surface area contributed by atoms with E-state index in [9.17, 15) is 8.42 Å². The molecular weight excluding hydrogens is 276 g/mol. The Morgan fingerprint density at radius 1 is 1.33 bits per heavy atom. The molecule has 0 amide bonds. The number of sulfonamides is 1. The number of nitrogens with zero attached hydrogens (tertiary/aromatic N) is 2. The molecule has 0 bridgehead atoms. The van der Waals surface area contributed by atoms with Crippen LogP contribution in [0.15, 0.2) is 0 Å². The van der Waals surface area contributed by atoms with Gasteiger partial charge in [0, 0.05) is 18.5 Å². The van der Waals surface area contributed by atoms with Crippen molar-refractivity contribution in [1.82, 2.24) is 14.7 Å². The Bertz CT molecular complexity index is 519. The van der Waals surface area contributed by atoms with Gasteiger partial charge in [0.1, 0.15) is 16.8 Å². The average Bonchev–Trinajstić information content (AvgIpc) is 2.34. The minimum Gasteiger partial charge on any atom is -0.369 e. The molecule has 0 unspecified atom stereocenters. The van der Waals surface area contributed by atoms with Gasteiger partial charge in [0.2, 0.25) is 10.0 Å². The topological polar surface area (TPSA) is 84.0 Å². The molecule has 102 valence electrons. The maximum atomic E-state index is 11.3. The summed E-state index contributed by atoms with van der Waals surface area (Å²) >= 11 is 5.97. The molecular formula is C10H17ClN4O2S. The average molecular weight is 293 g/mol. The van der Waals surface area contributed by atoms with Gasteiger partial charge in [-0.15, -0.1) is 0 Å². The number of hydrogen-bond acceptors (Lipinski definition) is 5. The fourth-order valence-corrected chi connectivity index (χ4v) is 2.03. The van der Waals surface area contributed by atoms with Crippen LogP contribution < -0.4 is 10.0 Å². The number of rotatable bonds is 6. The molecule has 0 atom stereocenters. The molecule has 6 nitrogen and oxygen atoms in total. The fourth-order valence-electron chi connectivity index (χ4n) is 1.27. The van der Waals surface area contributed by atoms with Gasteiger partial charge in [-0.2, -0.15) is 0 Å². The predicted molar refractivity (Wildman–Crippen MR) is 72.5 cm³/mol. The molecule has 2 N–H and O–H groups in total. The molecule has 1 aromatic heterocycles. The molecule has 1 rings (SSSR count). The minimum absolute atomic E-state index is 0.0218. The van der Waals surface area contributed by atoms with Crippen molar-refractivity contribution in [1.29, 1.82) is 0 Å². The van der Waals surface area contributed by atoms with Gasteiger partial charge in [-0.1, -0.05) is 18.5 Å². The molecule has 0 aliphatic carbocycles. The molecule has 8 heteroatoms. The van der Waals surface area contributed by atoms with E-state index in [0.717, 1.165) is 5.56 Å². The van der Waals surface area contributed by atoms with Crippen molar-refractivity contribution in [3.8, 4) is 0 Å². The molecule has 1 aromatic rings. The summed E-state index contributed by atoms with van der Waals surface area (Å²) in [5.74, 6) is 1.19. The van der Waals surface area contributed by atoms with Crippen LogP contribution >= 0.6 is 11.6 Å². The molecule has 0 aliphatic heterocycles. The molecule has 0 saturated carbocycles. The zero-order chi connectivity index (χ0) is 13.8. The smallest absolute Gasteiger partial charge is 0.213 e. The first-order valence-corrected chi connectivity index (χ1v) is 7.60. The van der Waals surface area contributed by atoms with E-state index < -0.39 is 10.0 Å². The van der Waals surface area contributed by atoms with Crippen LogP contribution in [0.5, 0.6) is 0 Å². The van der Waals surface area contributed by atoms with E-state index in [1.165, 1.54) is 7.05 Å². The molecule has 18 heavy (non-hydrogen) atoms. The second-order valence-electron chi connectivity index (χ2n) is 3.71. The van der Waals surface area contributed by atoms with Gasteiger partial charge in [0.15, 0.2) is 0 Å². The van der Waals surface area contributed by atoms with Crippen LogP contribution in [0.2, 0.25) is 5.15 Å². The van der Waals surface area contributed by atoms with Crippen molar-refractivity contribution >= 4 is 27.4 Å². The number of hydrogen-bond donors (Lipinski definition) is 2. The molecule has 1 heterocycles. The maximum Gasteiger partial charge on any atom is 0.213 e. The highest BCUT2D eigenvalue weighted by molar-refractivity contribution is 7.89. The Balaban J connectivity index is 2.76. The van der Waals surface area contributed by atoms with Crippen molar-refractivity contribution < 1.29 is 8.42 Å². The third kappa shape index (κ3) is 4.08. The van der Waals surface area contributed by atoms with E-state index in [2.05, 4.69) is 20.0 Å². The van der Waals surface area contributed by atoms with E-state index in [-0.39, 0.29) is 12.3 Å². The summed E-state index contributed by atoms with van der Waals surface area (Å²) in [5.41, 5.74) is 0.718. The highest BCUT2D eigenvalue weighted by atomic mass is 35.5. The number of halogens is 1. The summed E-state index contributed by atoms with van der Waals surface area (Å²) in [5, 5.41) is 3.35. The van der Waals surface area contributed by atoms with Crippen LogP contribution in [0, 0.1) is 6.92 Å².